The second kappa shape index (κ2) is 7.63. The van der Waals surface area contributed by atoms with Gasteiger partial charge in [0.1, 0.15) is 0 Å². The summed E-state index contributed by atoms with van der Waals surface area (Å²) < 4.78 is 2.18. The van der Waals surface area contributed by atoms with E-state index in [1.807, 2.05) is 13.8 Å². The second-order valence-electron chi connectivity index (χ2n) is 7.07. The van der Waals surface area contributed by atoms with E-state index in [4.69, 9.17) is 5.73 Å². The zero-order chi connectivity index (χ0) is 18.0. The Morgan fingerprint density at radius 1 is 1.20 bits per heavy atom. The average molecular weight is 366 g/mol. The molecule has 1 aliphatic carbocycles. The van der Waals surface area contributed by atoms with Gasteiger partial charge >= 0.3 is 6.03 Å². The molecule has 0 radical (unpaired) electrons. The summed E-state index contributed by atoms with van der Waals surface area (Å²) in [4.78, 5) is 25.6. The van der Waals surface area contributed by atoms with E-state index in [2.05, 4.69) is 25.0 Å². The molecule has 2 fully saturated rings. The highest BCUT2D eigenvalue weighted by molar-refractivity contribution is 8.00. The number of thioether (sulfide) groups is 1. The molecule has 1 saturated heterocycles. The summed E-state index contributed by atoms with van der Waals surface area (Å²) in [6, 6.07) is -0.407. The minimum absolute atomic E-state index is 0.0344. The first kappa shape index (κ1) is 18.0. The lowest BCUT2D eigenvalue weighted by atomic mass is 10.1. The summed E-state index contributed by atoms with van der Waals surface area (Å²) in [5.74, 6) is 0.576. The largest absolute Gasteiger partial charge is 0.351 e. The normalized spacial score (nSPS) is 19.1. The van der Waals surface area contributed by atoms with E-state index in [9.17, 15) is 9.59 Å². The second-order valence-corrected chi connectivity index (χ2v) is 8.18. The zero-order valence-corrected chi connectivity index (χ0v) is 15.6. The minimum Gasteiger partial charge on any atom is -0.351 e. The van der Waals surface area contributed by atoms with Crippen molar-refractivity contribution in [2.75, 3.05) is 18.0 Å². The maximum Gasteiger partial charge on any atom is 0.318 e. The van der Waals surface area contributed by atoms with Crippen molar-refractivity contribution in [3.63, 3.8) is 0 Å². The average Bonchev–Trinajstić information content (AvgIpc) is 3.32. The maximum atomic E-state index is 12.3. The zero-order valence-electron chi connectivity index (χ0n) is 14.8. The van der Waals surface area contributed by atoms with Crippen LogP contribution in [0.3, 0.4) is 0 Å². The summed E-state index contributed by atoms with van der Waals surface area (Å²) in [6.45, 7) is 5.90. The summed E-state index contributed by atoms with van der Waals surface area (Å²) >= 11 is 1.37. The van der Waals surface area contributed by atoms with Crippen LogP contribution in [0.5, 0.6) is 0 Å². The van der Waals surface area contributed by atoms with Gasteiger partial charge in [-0.1, -0.05) is 25.6 Å². The van der Waals surface area contributed by atoms with Gasteiger partial charge in [-0.25, -0.2) is 4.79 Å². The van der Waals surface area contributed by atoms with Gasteiger partial charge in [-0.15, -0.1) is 10.2 Å². The molecule has 138 valence electrons. The molecule has 8 nitrogen and oxygen atoms in total. The van der Waals surface area contributed by atoms with Crippen molar-refractivity contribution in [1.29, 1.82) is 0 Å². The highest BCUT2D eigenvalue weighted by Crippen LogP contribution is 2.42. The lowest BCUT2D eigenvalue weighted by Gasteiger charge is -2.28. The highest BCUT2D eigenvalue weighted by atomic mass is 32.2. The monoisotopic (exact) mass is 366 g/mol. The predicted molar refractivity (Wildman–Crippen MR) is 96.6 cm³/mol. The molecule has 1 aliphatic heterocycles. The van der Waals surface area contributed by atoms with Crippen LogP contribution in [0.2, 0.25) is 0 Å². The number of rotatable bonds is 6. The number of hydrogen-bond donors (Lipinski definition) is 2. The lowest BCUT2D eigenvalue weighted by molar-refractivity contribution is -0.120. The minimum atomic E-state index is -0.825. The van der Waals surface area contributed by atoms with E-state index >= 15 is 0 Å². The number of aromatic nitrogens is 3. The number of carbonyl (C=O) groups excluding carboxylic acids is 2. The fourth-order valence-electron chi connectivity index (χ4n) is 3.11. The number of imide groups is 1. The van der Waals surface area contributed by atoms with Gasteiger partial charge in [-0.05, 0) is 38.0 Å². The number of piperidine rings is 1. The van der Waals surface area contributed by atoms with E-state index in [0.717, 1.165) is 37.0 Å². The Morgan fingerprint density at radius 2 is 1.88 bits per heavy atom. The summed E-state index contributed by atoms with van der Waals surface area (Å²) in [5.41, 5.74) is 5.09. The number of urea groups is 1. The molecule has 9 heteroatoms. The Balaban J connectivity index is 1.82. The molecule has 3 rings (SSSR count). The van der Waals surface area contributed by atoms with Crippen molar-refractivity contribution in [1.82, 2.24) is 20.1 Å². The number of hydrogen-bond acceptors (Lipinski definition) is 6. The van der Waals surface area contributed by atoms with Crippen LogP contribution in [-0.2, 0) is 4.79 Å². The third-order valence-electron chi connectivity index (χ3n) is 4.54. The van der Waals surface area contributed by atoms with Gasteiger partial charge in [0.05, 0.1) is 5.25 Å². The molecular formula is C16H26N6O2S. The van der Waals surface area contributed by atoms with Crippen LogP contribution in [0.25, 0.3) is 0 Å². The molecule has 0 spiro atoms. The van der Waals surface area contributed by atoms with Gasteiger partial charge in [0, 0.05) is 19.1 Å². The topological polar surface area (TPSA) is 106 Å². The van der Waals surface area contributed by atoms with Crippen molar-refractivity contribution in [3.05, 3.63) is 0 Å². The van der Waals surface area contributed by atoms with Crippen molar-refractivity contribution in [3.8, 4) is 0 Å². The first-order valence-corrected chi connectivity index (χ1v) is 9.82. The lowest BCUT2D eigenvalue weighted by Crippen LogP contribution is -2.42. The SMILES string of the molecule is CC(C)[C@H](Sc1nnc(N2CCCCC2)n1C1CC1)C(=O)NC(N)=O. The van der Waals surface area contributed by atoms with Gasteiger partial charge < -0.3 is 10.6 Å². The molecule has 0 bridgehead atoms. The first-order valence-electron chi connectivity index (χ1n) is 8.94. The van der Waals surface area contributed by atoms with Crippen LogP contribution in [0.4, 0.5) is 10.7 Å². The van der Waals surface area contributed by atoms with E-state index in [1.54, 1.807) is 0 Å². The van der Waals surface area contributed by atoms with Crippen LogP contribution >= 0.6 is 11.8 Å². The summed E-state index contributed by atoms with van der Waals surface area (Å²) in [6.07, 6.45) is 5.85. The number of amides is 3. The molecule has 2 heterocycles. The number of nitrogens with zero attached hydrogens (tertiary/aromatic N) is 4. The van der Waals surface area contributed by atoms with Gasteiger partial charge in [-0.3, -0.25) is 14.7 Å². The Hall–Kier alpha value is -1.77. The fourth-order valence-corrected chi connectivity index (χ4v) is 4.21. The molecule has 1 saturated carbocycles. The van der Waals surface area contributed by atoms with Crippen molar-refractivity contribution in [2.24, 2.45) is 11.7 Å². The van der Waals surface area contributed by atoms with Crippen LogP contribution in [0.15, 0.2) is 5.16 Å². The van der Waals surface area contributed by atoms with E-state index in [-0.39, 0.29) is 11.8 Å². The van der Waals surface area contributed by atoms with E-state index in [0.29, 0.717) is 6.04 Å². The number of nitrogens with two attached hydrogens (primary N) is 1. The number of anilines is 1. The number of primary amides is 1. The highest BCUT2D eigenvalue weighted by Gasteiger charge is 2.34. The van der Waals surface area contributed by atoms with Gasteiger partial charge in [-0.2, -0.15) is 0 Å². The van der Waals surface area contributed by atoms with Gasteiger partial charge in [0.25, 0.3) is 0 Å². The molecule has 2 aliphatic rings. The molecule has 1 atom stereocenters. The number of nitrogens with one attached hydrogen (secondary N) is 1. The van der Waals surface area contributed by atoms with Crippen LogP contribution in [-0.4, -0.2) is 45.0 Å². The standard InChI is InChI=1S/C16H26N6O2S/c1-10(2)12(13(23)18-14(17)24)25-16-20-19-15(22(16)11-6-7-11)21-8-4-3-5-9-21/h10-12H,3-9H2,1-2H3,(H3,17,18,23,24)/t12-/m0/s1. The van der Waals surface area contributed by atoms with E-state index < -0.39 is 11.3 Å². The molecule has 25 heavy (non-hydrogen) atoms. The van der Waals surface area contributed by atoms with Crippen LogP contribution < -0.4 is 16.0 Å². The van der Waals surface area contributed by atoms with Gasteiger partial charge in [0.2, 0.25) is 11.9 Å². The fraction of sp³-hybridized carbons (Fsp3) is 0.750. The number of carbonyl (C=O) groups is 2. The molecule has 3 N–H and O–H groups in total. The van der Waals surface area contributed by atoms with E-state index in [1.165, 1.54) is 31.0 Å². The molecule has 0 aromatic carbocycles. The van der Waals surface area contributed by atoms with Crippen molar-refractivity contribution in [2.45, 2.75) is 62.4 Å². The molecule has 0 unspecified atom stereocenters. The van der Waals surface area contributed by atoms with Crippen molar-refractivity contribution < 1.29 is 9.59 Å². The third-order valence-corrected chi connectivity index (χ3v) is 6.04. The Labute approximate surface area is 151 Å². The molecule has 3 amide bonds. The van der Waals surface area contributed by atoms with Gasteiger partial charge in [0.15, 0.2) is 5.16 Å². The summed E-state index contributed by atoms with van der Waals surface area (Å²) in [5, 5.41) is 11.3. The van der Waals surface area contributed by atoms with Crippen molar-refractivity contribution >= 4 is 29.6 Å². The third kappa shape index (κ3) is 4.26. The Morgan fingerprint density at radius 3 is 2.44 bits per heavy atom. The predicted octanol–water partition coefficient (Wildman–Crippen LogP) is 1.91. The molecule has 1 aromatic rings. The summed E-state index contributed by atoms with van der Waals surface area (Å²) in [7, 11) is 0. The molecule has 1 aromatic heterocycles. The quantitative estimate of drug-likeness (QED) is 0.745. The van der Waals surface area contributed by atoms with Crippen LogP contribution in [0.1, 0.15) is 52.0 Å². The van der Waals surface area contributed by atoms with Crippen LogP contribution in [0, 0.1) is 5.92 Å². The Bertz CT molecular complexity index is 637. The maximum absolute atomic E-state index is 12.3. The Kier molecular flexibility index (Phi) is 5.51. The molecular weight excluding hydrogens is 340 g/mol. The smallest absolute Gasteiger partial charge is 0.318 e. The first-order chi connectivity index (χ1) is 12.0.